The number of carbonyl (C=O) groups is 3. The van der Waals surface area contributed by atoms with Crippen LogP contribution in [0.5, 0.6) is 0 Å². The fourth-order valence-corrected chi connectivity index (χ4v) is 10.0. The molecular weight excluding hydrogens is 949 g/mol. The van der Waals surface area contributed by atoms with Crippen LogP contribution in [0, 0.1) is 34.5 Å². The number of nitrogens with zero attached hydrogens (tertiary/aromatic N) is 8. The van der Waals surface area contributed by atoms with Crippen LogP contribution < -0.4 is 26.1 Å². The van der Waals surface area contributed by atoms with E-state index in [0.29, 0.717) is 141 Å². The number of esters is 2. The second-order valence-electron chi connectivity index (χ2n) is 18.2. The highest BCUT2D eigenvalue weighted by molar-refractivity contribution is 6.13. The number of fused-ring (bicyclic) bond motifs is 8. The minimum absolute atomic E-state index is 0.106. The van der Waals surface area contributed by atoms with E-state index in [9.17, 15) is 34.5 Å². The Kier molecular flexibility index (Phi) is 15.0. The average Bonchev–Trinajstić information content (AvgIpc) is 3.93. The van der Waals surface area contributed by atoms with E-state index in [1.807, 2.05) is 36.4 Å². The summed E-state index contributed by atoms with van der Waals surface area (Å²) >= 11 is 0. The summed E-state index contributed by atoms with van der Waals surface area (Å²) in [4.78, 5) is 79.6. The van der Waals surface area contributed by atoms with E-state index in [2.05, 4.69) is 14.8 Å². The summed E-state index contributed by atoms with van der Waals surface area (Å²) in [6.07, 6.45) is 2.41. The number of anilines is 2. The molecule has 3 aliphatic heterocycles. The van der Waals surface area contributed by atoms with Crippen molar-refractivity contribution in [2.45, 2.75) is 25.7 Å². The maximum Gasteiger partial charge on any atom is 0.309 e. The molecule has 19 heteroatoms. The number of piperidine rings is 2. The molecule has 74 heavy (non-hydrogen) atoms. The fourth-order valence-electron chi connectivity index (χ4n) is 10.0. The highest BCUT2D eigenvalue weighted by Crippen LogP contribution is 2.30. The third kappa shape index (κ3) is 10.0. The van der Waals surface area contributed by atoms with Crippen LogP contribution >= 0.6 is 0 Å². The molecule has 19 nitrogen and oxygen atoms in total. The molecule has 0 aliphatic carbocycles. The molecule has 0 bridgehead atoms. The summed E-state index contributed by atoms with van der Waals surface area (Å²) in [7, 11) is 0. The lowest BCUT2D eigenvalue weighted by Crippen LogP contribution is -2.37. The van der Waals surface area contributed by atoms with Gasteiger partial charge in [-0.25, -0.2) is 9.97 Å². The smallest absolute Gasteiger partial charge is 0.309 e. The lowest BCUT2D eigenvalue weighted by molar-refractivity contribution is -0.151. The molecular formula is C55H52N8O11. The largest absolute Gasteiger partial charge is 0.463 e. The SMILES string of the molecule is N#CC(C#N)=c1c2ccccc2n2c(=O)c3cc(N4CCC(C(=O)OCCOCCOCCOCCOCCOC(=O)C5CCN(c6ccc7nc8n(c(=O)c7c6)-c6ccccc6C8=O)CC5)CC4)ccc3nc12. The quantitative estimate of drug-likeness (QED) is 0.0805. The number of nitriles is 2. The van der Waals surface area contributed by atoms with Crippen molar-refractivity contribution >= 4 is 73.0 Å². The highest BCUT2D eigenvalue weighted by Gasteiger charge is 2.32. The zero-order valence-electron chi connectivity index (χ0n) is 40.5. The Hall–Kier alpha value is -8.07. The molecule has 0 amide bonds. The summed E-state index contributed by atoms with van der Waals surface area (Å²) in [5.74, 6) is -1.12. The van der Waals surface area contributed by atoms with E-state index in [4.69, 9.17) is 33.4 Å². The first-order chi connectivity index (χ1) is 36.2. The van der Waals surface area contributed by atoms with Gasteiger partial charge in [-0.3, -0.25) is 32.9 Å². The molecule has 0 atom stereocenters. The van der Waals surface area contributed by atoms with Gasteiger partial charge in [-0.15, -0.1) is 0 Å². The van der Waals surface area contributed by atoms with E-state index in [1.54, 1.807) is 60.7 Å². The van der Waals surface area contributed by atoms with Crippen LogP contribution in [0.15, 0.2) is 94.5 Å². The number of aromatic nitrogens is 4. The maximum atomic E-state index is 13.9. The van der Waals surface area contributed by atoms with Crippen molar-refractivity contribution in [3.63, 3.8) is 0 Å². The number of hydrogen-bond donors (Lipinski definition) is 0. The summed E-state index contributed by atoms with van der Waals surface area (Å²) < 4.78 is 36.1. The predicted molar refractivity (Wildman–Crippen MR) is 272 cm³/mol. The molecule has 0 N–H and O–H groups in total. The second kappa shape index (κ2) is 22.4. The third-order valence-electron chi connectivity index (χ3n) is 13.9. The van der Waals surface area contributed by atoms with Crippen molar-refractivity contribution < 1.29 is 42.8 Å². The van der Waals surface area contributed by atoms with E-state index in [0.717, 1.165) is 11.4 Å². The molecule has 3 aliphatic rings. The van der Waals surface area contributed by atoms with Crippen molar-refractivity contribution in [3.05, 3.63) is 122 Å². The van der Waals surface area contributed by atoms with Crippen LogP contribution in [-0.4, -0.2) is 129 Å². The molecule has 0 spiro atoms. The lowest BCUT2D eigenvalue weighted by Gasteiger charge is -2.32. The number of ketones is 1. The van der Waals surface area contributed by atoms with Gasteiger partial charge in [0.25, 0.3) is 11.1 Å². The Balaban J connectivity index is 0.549. The van der Waals surface area contributed by atoms with E-state index >= 15 is 0 Å². The molecule has 6 heterocycles. The van der Waals surface area contributed by atoms with Gasteiger partial charge in [-0.05, 0) is 80.3 Å². The summed E-state index contributed by atoms with van der Waals surface area (Å²) in [5, 5.41) is 21.1. The fraction of sp³-hybridized carbons (Fsp3) is 0.364. The lowest BCUT2D eigenvalue weighted by atomic mass is 9.96. The molecule has 7 aromatic rings. The molecule has 10 rings (SSSR count). The van der Waals surface area contributed by atoms with Gasteiger partial charge < -0.3 is 38.2 Å². The number of benzene rings is 4. The average molecular weight is 1000 g/mol. The first-order valence-electron chi connectivity index (χ1n) is 24.8. The monoisotopic (exact) mass is 1000 g/mol. The molecule has 4 aromatic carbocycles. The van der Waals surface area contributed by atoms with Crippen molar-refractivity contribution in [1.29, 1.82) is 10.5 Å². The highest BCUT2D eigenvalue weighted by atomic mass is 16.6. The van der Waals surface area contributed by atoms with Gasteiger partial charge in [0.15, 0.2) is 11.5 Å². The van der Waals surface area contributed by atoms with Gasteiger partial charge in [0, 0.05) is 42.9 Å². The van der Waals surface area contributed by atoms with Gasteiger partial charge in [0.2, 0.25) is 5.78 Å². The van der Waals surface area contributed by atoms with Crippen molar-refractivity contribution in [1.82, 2.24) is 18.9 Å². The topological polar surface area (TPSA) is 230 Å². The Morgan fingerprint density at radius 3 is 1.61 bits per heavy atom. The van der Waals surface area contributed by atoms with Gasteiger partial charge in [0.05, 0.1) is 108 Å². The van der Waals surface area contributed by atoms with Gasteiger partial charge in [0.1, 0.15) is 30.9 Å². The standard InChI is InChI=1S/C55H52N8O11/c56-33-37(34-57)48-40-5-1-3-7-46(40)62-50(48)58-44-11-9-38(31-42(44)52(62)65)60-17-13-35(14-18-60)54(67)73-29-27-71-25-23-69-21-22-70-24-26-72-28-30-74-55(68)36-15-19-61(20-16-36)39-10-12-45-43(32-39)53(66)63-47-8-4-2-6-41(47)49(64)51(63)59-45/h1-12,31-32,35-36H,13-30H2. The Bertz CT molecular complexity index is 3550. The Morgan fingerprint density at radius 1 is 0.568 bits per heavy atom. The van der Waals surface area contributed by atoms with Crippen LogP contribution in [-0.2, 0) is 38.0 Å². The zero-order chi connectivity index (χ0) is 51.1. The molecule has 0 saturated carbocycles. The molecule has 2 saturated heterocycles. The third-order valence-corrected chi connectivity index (χ3v) is 13.9. The van der Waals surface area contributed by atoms with Crippen molar-refractivity contribution in [2.24, 2.45) is 11.8 Å². The number of rotatable bonds is 19. The maximum absolute atomic E-state index is 13.9. The van der Waals surface area contributed by atoms with Crippen LogP contribution in [0.3, 0.4) is 0 Å². The number of carbonyl (C=O) groups excluding carboxylic acids is 3. The minimum Gasteiger partial charge on any atom is -0.463 e. The second-order valence-corrected chi connectivity index (χ2v) is 18.2. The first kappa shape index (κ1) is 49.5. The minimum atomic E-state index is -0.289. The zero-order valence-corrected chi connectivity index (χ0v) is 40.5. The normalized spacial score (nSPS) is 14.9. The van der Waals surface area contributed by atoms with Crippen LogP contribution in [0.4, 0.5) is 11.4 Å². The van der Waals surface area contributed by atoms with Crippen molar-refractivity contribution in [3.8, 4) is 17.8 Å². The summed E-state index contributed by atoms with van der Waals surface area (Å²) in [6.45, 7) is 5.37. The Labute approximate surface area is 423 Å². The van der Waals surface area contributed by atoms with Crippen LogP contribution in [0.2, 0.25) is 0 Å². The van der Waals surface area contributed by atoms with E-state index in [1.165, 1.54) is 8.97 Å². The molecule has 3 aromatic heterocycles. The summed E-state index contributed by atoms with van der Waals surface area (Å²) in [6, 6.07) is 29.0. The van der Waals surface area contributed by atoms with Crippen molar-refractivity contribution in [2.75, 3.05) is 102 Å². The molecule has 2 fully saturated rings. The van der Waals surface area contributed by atoms with E-state index < -0.39 is 0 Å². The first-order valence-corrected chi connectivity index (χ1v) is 24.8. The molecule has 0 unspecified atom stereocenters. The number of ether oxygens (including phenoxy) is 6. The number of para-hydroxylation sites is 2. The molecule has 0 radical (unpaired) electrons. The van der Waals surface area contributed by atoms with Gasteiger partial charge in [-0.2, -0.15) is 10.5 Å². The number of hydrogen-bond acceptors (Lipinski definition) is 17. The molecule has 378 valence electrons. The van der Waals surface area contributed by atoms with Gasteiger partial charge in [-0.1, -0.05) is 30.3 Å². The van der Waals surface area contributed by atoms with Crippen LogP contribution in [0.25, 0.3) is 49.6 Å². The van der Waals surface area contributed by atoms with E-state index in [-0.39, 0.29) is 84.1 Å². The predicted octanol–water partition coefficient (Wildman–Crippen LogP) is 4.45. The Morgan fingerprint density at radius 2 is 1.05 bits per heavy atom. The van der Waals surface area contributed by atoms with Gasteiger partial charge >= 0.3 is 11.9 Å². The van der Waals surface area contributed by atoms with Crippen LogP contribution in [0.1, 0.15) is 41.9 Å². The summed E-state index contributed by atoms with van der Waals surface area (Å²) in [5.41, 5.74) is 3.81.